The van der Waals surface area contributed by atoms with Gasteiger partial charge in [-0.1, -0.05) is 81.3 Å². The van der Waals surface area contributed by atoms with Crippen LogP contribution in [-0.2, 0) is 14.4 Å². The number of anilines is 1. The van der Waals surface area contributed by atoms with Gasteiger partial charge < -0.3 is 0 Å². The van der Waals surface area contributed by atoms with Crippen molar-refractivity contribution in [3.8, 4) is 0 Å². The van der Waals surface area contributed by atoms with Crippen molar-refractivity contribution in [1.29, 1.82) is 0 Å². The van der Waals surface area contributed by atoms with E-state index in [1.54, 1.807) is 12.1 Å². The summed E-state index contributed by atoms with van der Waals surface area (Å²) in [4.78, 5) is 41.1. The summed E-state index contributed by atoms with van der Waals surface area (Å²) in [5.41, 5.74) is 4.17. The van der Waals surface area contributed by atoms with Gasteiger partial charge in [-0.2, -0.15) is 10.2 Å². The number of nitrogens with zero attached hydrogens (tertiary/aromatic N) is 6. The number of imide groups is 1. The number of hydrogen-bond donors (Lipinski definition) is 0. The molecule has 3 heterocycles. The molecule has 3 amide bonds. The summed E-state index contributed by atoms with van der Waals surface area (Å²) in [5, 5.41) is 15.6. The van der Waals surface area contributed by atoms with Crippen LogP contribution in [0.1, 0.15) is 29.2 Å². The zero-order valence-electron chi connectivity index (χ0n) is 20.4. The van der Waals surface area contributed by atoms with Crippen molar-refractivity contribution in [3.63, 3.8) is 0 Å². The Morgan fingerprint density at radius 3 is 2.37 bits per heavy atom. The average Bonchev–Trinajstić information content (AvgIpc) is 3.61. The molecular weight excluding hydrogens is 548 g/mol. The quantitative estimate of drug-likeness (QED) is 0.424. The highest BCUT2D eigenvalue weighted by molar-refractivity contribution is 9.10. The van der Waals surface area contributed by atoms with E-state index < -0.39 is 23.9 Å². The van der Waals surface area contributed by atoms with E-state index in [1.165, 1.54) is 10.0 Å². The fourth-order valence-electron chi connectivity index (χ4n) is 5.01. The summed E-state index contributed by atoms with van der Waals surface area (Å²) < 4.78 is 0.955. The van der Waals surface area contributed by atoms with Crippen LogP contribution in [0.2, 0.25) is 0 Å². The predicted octanol–water partition coefficient (Wildman–Crippen LogP) is 4.43. The van der Waals surface area contributed by atoms with Crippen LogP contribution in [0.15, 0.2) is 98.8 Å². The Hall–Kier alpha value is -4.18. The second-order valence-corrected chi connectivity index (χ2v) is 10.4. The van der Waals surface area contributed by atoms with E-state index in [4.69, 9.17) is 5.10 Å². The van der Waals surface area contributed by atoms with Crippen LogP contribution in [0, 0.1) is 6.92 Å². The number of aryl methyl sites for hydroxylation is 1. The van der Waals surface area contributed by atoms with Gasteiger partial charge in [0.05, 0.1) is 17.4 Å². The van der Waals surface area contributed by atoms with Crippen LogP contribution in [0.3, 0.4) is 0 Å². The van der Waals surface area contributed by atoms with Gasteiger partial charge in [0.15, 0.2) is 12.1 Å². The zero-order chi connectivity index (χ0) is 26.4. The summed E-state index contributed by atoms with van der Waals surface area (Å²) in [6.45, 7) is 1.70. The maximum atomic E-state index is 13.6. The molecule has 0 N–H and O–H groups in total. The lowest BCUT2D eigenvalue weighted by Gasteiger charge is -2.25. The fourth-order valence-corrected chi connectivity index (χ4v) is 5.27. The zero-order valence-corrected chi connectivity index (χ0v) is 22.0. The SMILES string of the molecule is Cc1ccc(N2C(=O)C3N=NN(CC(=O)N4N=C(c5ccc(Br)cc5)CC4c4ccccc4)C3C2=O)cc1. The molecule has 3 aliphatic rings. The van der Waals surface area contributed by atoms with Gasteiger partial charge in [0.2, 0.25) is 0 Å². The lowest BCUT2D eigenvalue weighted by Crippen LogP contribution is -2.44. The van der Waals surface area contributed by atoms with E-state index in [9.17, 15) is 14.4 Å². The van der Waals surface area contributed by atoms with Crippen LogP contribution in [0.5, 0.6) is 0 Å². The van der Waals surface area contributed by atoms with Gasteiger partial charge >= 0.3 is 0 Å². The number of carbonyl (C=O) groups excluding carboxylic acids is 3. The number of fused-ring (bicyclic) bond motifs is 1. The second-order valence-electron chi connectivity index (χ2n) is 9.46. The van der Waals surface area contributed by atoms with Crippen LogP contribution < -0.4 is 4.90 Å². The van der Waals surface area contributed by atoms with E-state index in [0.29, 0.717) is 12.1 Å². The van der Waals surface area contributed by atoms with Crippen LogP contribution in [0.4, 0.5) is 5.69 Å². The number of hydrogen-bond acceptors (Lipinski definition) is 7. The van der Waals surface area contributed by atoms with Gasteiger partial charge in [-0.3, -0.25) is 19.4 Å². The second kappa shape index (κ2) is 9.60. The molecule has 0 aliphatic carbocycles. The highest BCUT2D eigenvalue weighted by Gasteiger charge is 2.55. The topological polar surface area (TPSA) is 98.0 Å². The van der Waals surface area contributed by atoms with Crippen molar-refractivity contribution in [2.45, 2.75) is 31.5 Å². The molecule has 3 aromatic carbocycles. The molecular formula is C28H23BrN6O3. The predicted molar refractivity (Wildman–Crippen MR) is 144 cm³/mol. The molecule has 190 valence electrons. The molecule has 3 aromatic rings. The van der Waals surface area contributed by atoms with E-state index in [2.05, 4.69) is 26.3 Å². The first-order valence-corrected chi connectivity index (χ1v) is 13.0. The summed E-state index contributed by atoms with van der Waals surface area (Å²) >= 11 is 3.46. The lowest BCUT2D eigenvalue weighted by atomic mass is 9.98. The number of rotatable bonds is 5. The summed E-state index contributed by atoms with van der Waals surface area (Å²) in [5.74, 6) is -1.22. The van der Waals surface area contributed by atoms with Gasteiger partial charge in [0, 0.05) is 10.9 Å². The van der Waals surface area contributed by atoms with Gasteiger partial charge in [0.1, 0.15) is 6.54 Å². The van der Waals surface area contributed by atoms with E-state index in [1.807, 2.05) is 73.7 Å². The van der Waals surface area contributed by atoms with Crippen molar-refractivity contribution in [2.24, 2.45) is 15.4 Å². The normalized spacial score (nSPS) is 22.3. The minimum Gasteiger partial charge on any atom is -0.271 e. The largest absolute Gasteiger partial charge is 0.271 e. The molecule has 1 saturated heterocycles. The molecule has 9 nitrogen and oxygen atoms in total. The number of halogens is 1. The molecule has 10 heteroatoms. The third-order valence-corrected chi connectivity index (χ3v) is 7.50. The summed E-state index contributed by atoms with van der Waals surface area (Å²) in [7, 11) is 0. The van der Waals surface area contributed by atoms with Crippen LogP contribution in [0.25, 0.3) is 0 Å². The first-order chi connectivity index (χ1) is 18.4. The number of hydrazone groups is 1. The van der Waals surface area contributed by atoms with Crippen molar-refractivity contribution < 1.29 is 14.4 Å². The average molecular weight is 571 g/mol. The first-order valence-electron chi connectivity index (χ1n) is 12.2. The van der Waals surface area contributed by atoms with E-state index in [0.717, 1.165) is 31.8 Å². The van der Waals surface area contributed by atoms with Crippen molar-refractivity contribution in [3.05, 3.63) is 100 Å². The molecule has 0 saturated carbocycles. The number of amides is 3. The maximum Gasteiger partial charge on any atom is 0.264 e. The van der Waals surface area contributed by atoms with E-state index >= 15 is 0 Å². The third-order valence-electron chi connectivity index (χ3n) is 6.98. The summed E-state index contributed by atoms with van der Waals surface area (Å²) in [6.07, 6.45) is 0.545. The van der Waals surface area contributed by atoms with Gasteiger partial charge in [0.25, 0.3) is 17.7 Å². The molecule has 0 radical (unpaired) electrons. The van der Waals surface area contributed by atoms with Gasteiger partial charge in [-0.25, -0.2) is 9.91 Å². The van der Waals surface area contributed by atoms with Crippen LogP contribution in [-0.4, -0.2) is 52.1 Å². The number of benzene rings is 3. The van der Waals surface area contributed by atoms with Crippen LogP contribution >= 0.6 is 15.9 Å². The number of carbonyl (C=O) groups is 3. The Morgan fingerprint density at radius 1 is 0.947 bits per heavy atom. The maximum absolute atomic E-state index is 13.6. The Morgan fingerprint density at radius 2 is 1.66 bits per heavy atom. The Balaban J connectivity index is 1.25. The molecule has 1 fully saturated rings. The molecule has 3 unspecified atom stereocenters. The molecule has 0 aromatic heterocycles. The highest BCUT2D eigenvalue weighted by Crippen LogP contribution is 2.35. The Kier molecular flexibility index (Phi) is 6.11. The molecule has 0 spiro atoms. The van der Waals surface area contributed by atoms with Crippen molar-refractivity contribution in [2.75, 3.05) is 11.4 Å². The first kappa shape index (κ1) is 24.2. The lowest BCUT2D eigenvalue weighted by molar-refractivity contribution is -0.135. The van der Waals surface area contributed by atoms with Crippen molar-refractivity contribution >= 4 is 45.1 Å². The standard InChI is InChI=1S/C28H23BrN6O3/c1-17-7-13-21(14-8-17)34-27(37)25-26(28(34)38)33(32-30-25)16-24(36)35-23(19-5-3-2-4-6-19)15-22(31-35)18-9-11-20(29)12-10-18/h2-14,23,25-26H,15-16H2,1H3. The monoisotopic (exact) mass is 570 g/mol. The van der Waals surface area contributed by atoms with Gasteiger partial charge in [-0.05, 0) is 42.3 Å². The smallest absolute Gasteiger partial charge is 0.264 e. The highest BCUT2D eigenvalue weighted by atomic mass is 79.9. The molecule has 6 rings (SSSR count). The van der Waals surface area contributed by atoms with E-state index in [-0.39, 0.29) is 18.5 Å². The third kappa shape index (κ3) is 4.20. The Bertz CT molecular complexity index is 1470. The minimum absolute atomic E-state index is 0.230. The fraction of sp³-hybridized carbons (Fsp3) is 0.214. The van der Waals surface area contributed by atoms with Crippen molar-refractivity contribution in [1.82, 2.24) is 10.0 Å². The summed E-state index contributed by atoms with van der Waals surface area (Å²) in [6, 6.07) is 22.4. The molecule has 3 aliphatic heterocycles. The molecule has 3 atom stereocenters. The molecule has 38 heavy (non-hydrogen) atoms. The minimum atomic E-state index is -0.970. The molecule has 0 bridgehead atoms. The Labute approximate surface area is 227 Å². The van der Waals surface area contributed by atoms with Gasteiger partial charge in [-0.15, -0.1) is 0 Å².